The monoisotopic (exact) mass is 476 g/mol. The molecule has 35 heavy (non-hydrogen) atoms. The van der Waals surface area contributed by atoms with Gasteiger partial charge in [-0.2, -0.15) is 0 Å². The summed E-state index contributed by atoms with van der Waals surface area (Å²) < 4.78 is 14.1. The maximum atomic E-state index is 14.1. The number of nitrogens with zero attached hydrogens (tertiary/aromatic N) is 2. The number of nitro benzene ring substituents is 1. The predicted molar refractivity (Wildman–Crippen MR) is 125 cm³/mol. The molecule has 3 aromatic carbocycles. The molecule has 9 nitrogen and oxygen atoms in total. The highest BCUT2D eigenvalue weighted by atomic mass is 19.1. The summed E-state index contributed by atoms with van der Waals surface area (Å²) in [6, 6.07) is 15.9. The summed E-state index contributed by atoms with van der Waals surface area (Å²) in [5.74, 6) is -2.46. The molecular formula is C25H21FN4O5. The Hall–Kier alpha value is -4.60. The van der Waals surface area contributed by atoms with Crippen LogP contribution in [0.25, 0.3) is 0 Å². The number of anilines is 1. The number of imide groups is 1. The van der Waals surface area contributed by atoms with Crippen LogP contribution in [0.4, 0.5) is 20.6 Å². The number of aryl methyl sites for hydroxylation is 2. The fraction of sp³-hybridized carbons (Fsp3) is 0.160. The molecule has 1 fully saturated rings. The first-order chi connectivity index (χ1) is 16.6. The molecule has 3 aromatic rings. The minimum Gasteiger partial charge on any atom is -0.322 e. The molecule has 0 aliphatic carbocycles. The van der Waals surface area contributed by atoms with Crippen LogP contribution in [-0.2, 0) is 15.1 Å². The van der Waals surface area contributed by atoms with Crippen molar-refractivity contribution in [3.63, 3.8) is 0 Å². The van der Waals surface area contributed by atoms with E-state index in [1.54, 1.807) is 36.4 Å². The average molecular weight is 476 g/mol. The summed E-state index contributed by atoms with van der Waals surface area (Å²) in [6.45, 7) is 3.09. The van der Waals surface area contributed by atoms with E-state index in [0.717, 1.165) is 34.2 Å². The Kier molecular flexibility index (Phi) is 6.04. The third kappa shape index (κ3) is 4.21. The third-order valence-corrected chi connectivity index (χ3v) is 5.99. The first-order valence-corrected chi connectivity index (χ1v) is 10.6. The van der Waals surface area contributed by atoms with Gasteiger partial charge in [-0.3, -0.25) is 24.6 Å². The fourth-order valence-electron chi connectivity index (χ4n) is 4.00. The minimum absolute atomic E-state index is 0.422. The van der Waals surface area contributed by atoms with Crippen molar-refractivity contribution in [3.05, 3.63) is 105 Å². The number of carbonyl (C=O) groups is 3. The number of non-ortho nitro benzene ring substituents is 1. The van der Waals surface area contributed by atoms with E-state index < -0.39 is 52.0 Å². The number of benzene rings is 3. The van der Waals surface area contributed by atoms with Crippen molar-refractivity contribution in [2.24, 2.45) is 0 Å². The highest BCUT2D eigenvalue weighted by Gasteiger charge is 2.54. The second-order valence-corrected chi connectivity index (χ2v) is 8.21. The number of nitrogens with one attached hydrogen (secondary N) is 2. The number of halogens is 1. The molecule has 0 saturated carbocycles. The van der Waals surface area contributed by atoms with E-state index in [1.165, 1.54) is 0 Å². The summed E-state index contributed by atoms with van der Waals surface area (Å²) in [5.41, 5.74) is 0.538. The van der Waals surface area contributed by atoms with Gasteiger partial charge < -0.3 is 10.6 Å². The van der Waals surface area contributed by atoms with Crippen LogP contribution in [0.15, 0.2) is 66.7 Å². The fourth-order valence-corrected chi connectivity index (χ4v) is 4.00. The van der Waals surface area contributed by atoms with Crippen LogP contribution in [0.3, 0.4) is 0 Å². The second-order valence-electron chi connectivity index (χ2n) is 8.21. The largest absolute Gasteiger partial charge is 0.326 e. The van der Waals surface area contributed by atoms with Crippen molar-refractivity contribution in [1.29, 1.82) is 0 Å². The average Bonchev–Trinajstić information content (AvgIpc) is 3.08. The van der Waals surface area contributed by atoms with Gasteiger partial charge in [0.1, 0.15) is 12.4 Å². The van der Waals surface area contributed by atoms with Crippen LogP contribution in [0.5, 0.6) is 0 Å². The summed E-state index contributed by atoms with van der Waals surface area (Å²) >= 11 is 0. The van der Waals surface area contributed by atoms with Crippen molar-refractivity contribution in [3.8, 4) is 0 Å². The minimum atomic E-state index is -1.56. The van der Waals surface area contributed by atoms with Gasteiger partial charge in [0, 0.05) is 12.1 Å². The lowest BCUT2D eigenvalue weighted by molar-refractivity contribution is -0.384. The summed E-state index contributed by atoms with van der Waals surface area (Å²) in [6.07, 6.45) is 0. The van der Waals surface area contributed by atoms with E-state index in [2.05, 4.69) is 10.6 Å². The molecule has 1 aliphatic heterocycles. The molecule has 1 unspecified atom stereocenters. The number of hydrogen-bond donors (Lipinski definition) is 2. The summed E-state index contributed by atoms with van der Waals surface area (Å²) in [5, 5.41) is 15.9. The first-order valence-electron chi connectivity index (χ1n) is 10.6. The number of amides is 4. The van der Waals surface area contributed by atoms with Crippen LogP contribution in [0.1, 0.15) is 22.3 Å². The lowest BCUT2D eigenvalue weighted by Gasteiger charge is -2.28. The molecule has 4 rings (SSSR count). The SMILES string of the molecule is Cc1ccc(C2(c3ccccc3)NC(=O)N(CC(=O)Nc3cc([N+](=O)[O-])ccc3F)C2=O)cc1C. The van der Waals surface area contributed by atoms with Crippen LogP contribution < -0.4 is 10.6 Å². The van der Waals surface area contributed by atoms with Gasteiger partial charge in [-0.1, -0.05) is 48.5 Å². The Labute approximate surface area is 199 Å². The zero-order valence-electron chi connectivity index (χ0n) is 18.9. The van der Waals surface area contributed by atoms with E-state index in [9.17, 15) is 28.9 Å². The maximum absolute atomic E-state index is 14.1. The molecule has 10 heteroatoms. The lowest BCUT2D eigenvalue weighted by Crippen LogP contribution is -2.45. The molecule has 0 radical (unpaired) electrons. The number of hydrogen-bond acceptors (Lipinski definition) is 5. The quantitative estimate of drug-likeness (QED) is 0.319. The van der Waals surface area contributed by atoms with Crippen LogP contribution >= 0.6 is 0 Å². The van der Waals surface area contributed by atoms with Crippen LogP contribution in [0, 0.1) is 29.8 Å². The third-order valence-electron chi connectivity index (χ3n) is 5.99. The van der Waals surface area contributed by atoms with Gasteiger partial charge in [-0.15, -0.1) is 0 Å². The number of carbonyl (C=O) groups excluding carboxylic acids is 3. The highest BCUT2D eigenvalue weighted by Crippen LogP contribution is 2.37. The topological polar surface area (TPSA) is 122 Å². The Morgan fingerprint density at radius 3 is 2.40 bits per heavy atom. The van der Waals surface area contributed by atoms with E-state index >= 15 is 0 Å². The molecule has 1 atom stereocenters. The Balaban J connectivity index is 1.67. The van der Waals surface area contributed by atoms with Gasteiger partial charge in [0.05, 0.1) is 10.6 Å². The van der Waals surface area contributed by atoms with Gasteiger partial charge in [0.15, 0.2) is 5.54 Å². The van der Waals surface area contributed by atoms with E-state index in [0.29, 0.717) is 11.1 Å². The van der Waals surface area contributed by atoms with Crippen molar-refractivity contribution >= 4 is 29.2 Å². The predicted octanol–water partition coefficient (Wildman–Crippen LogP) is 3.78. The molecule has 0 aromatic heterocycles. The van der Waals surface area contributed by atoms with E-state index in [1.807, 2.05) is 26.0 Å². The normalized spacial score (nSPS) is 17.3. The molecule has 178 valence electrons. The summed E-state index contributed by atoms with van der Waals surface area (Å²) in [7, 11) is 0. The Morgan fingerprint density at radius 1 is 1.03 bits per heavy atom. The summed E-state index contributed by atoms with van der Waals surface area (Å²) in [4.78, 5) is 50.3. The van der Waals surface area contributed by atoms with E-state index in [-0.39, 0.29) is 0 Å². The molecule has 1 saturated heterocycles. The van der Waals surface area contributed by atoms with Crippen molar-refractivity contribution in [2.75, 3.05) is 11.9 Å². The Morgan fingerprint density at radius 2 is 1.74 bits per heavy atom. The van der Waals surface area contributed by atoms with Gasteiger partial charge in [0.2, 0.25) is 5.91 Å². The molecule has 2 N–H and O–H groups in total. The second kappa shape index (κ2) is 8.98. The zero-order chi connectivity index (χ0) is 25.3. The lowest BCUT2D eigenvalue weighted by atomic mass is 9.81. The molecule has 4 amide bonds. The van der Waals surface area contributed by atoms with Crippen molar-refractivity contribution in [2.45, 2.75) is 19.4 Å². The highest BCUT2D eigenvalue weighted by molar-refractivity contribution is 6.12. The number of urea groups is 1. The molecule has 1 heterocycles. The molecule has 1 aliphatic rings. The zero-order valence-corrected chi connectivity index (χ0v) is 18.9. The molecular weight excluding hydrogens is 455 g/mol. The Bertz CT molecular complexity index is 1360. The molecule has 0 bridgehead atoms. The van der Waals surface area contributed by atoms with E-state index in [4.69, 9.17) is 0 Å². The van der Waals surface area contributed by atoms with Gasteiger partial charge in [0.25, 0.3) is 11.6 Å². The smallest absolute Gasteiger partial charge is 0.322 e. The van der Waals surface area contributed by atoms with Gasteiger partial charge in [-0.25, -0.2) is 9.18 Å². The number of nitro groups is 1. The number of rotatable bonds is 6. The standard InChI is InChI=1S/C25H21FN4O5/c1-15-8-9-18(12-16(15)2)25(17-6-4-3-5-7-17)23(32)29(24(33)28-25)14-22(31)27-21-13-19(30(34)35)10-11-20(21)26/h3-13H,14H2,1-2H3,(H,27,31)(H,28,33). The van der Waals surface area contributed by atoms with Gasteiger partial charge in [-0.05, 0) is 42.2 Å². The van der Waals surface area contributed by atoms with Crippen molar-refractivity contribution < 1.29 is 23.7 Å². The van der Waals surface area contributed by atoms with Crippen LogP contribution in [0.2, 0.25) is 0 Å². The maximum Gasteiger partial charge on any atom is 0.326 e. The van der Waals surface area contributed by atoms with Crippen LogP contribution in [-0.4, -0.2) is 34.2 Å². The first kappa shape index (κ1) is 23.6. The van der Waals surface area contributed by atoms with Gasteiger partial charge >= 0.3 is 6.03 Å². The molecule has 0 spiro atoms. The van der Waals surface area contributed by atoms with Crippen molar-refractivity contribution in [1.82, 2.24) is 10.2 Å².